The molecular weight excluding hydrogens is 258 g/mol. The van der Waals surface area contributed by atoms with Crippen LogP contribution >= 0.6 is 11.3 Å². The van der Waals surface area contributed by atoms with E-state index in [0.29, 0.717) is 4.88 Å². The summed E-state index contributed by atoms with van der Waals surface area (Å²) in [4.78, 5) is 13.6. The van der Waals surface area contributed by atoms with Crippen LogP contribution in [0.2, 0.25) is 0 Å². The standard InChI is InChI=1S/C14H17N3OS/c1-3-17-11-8-12(19-13(11)14(18)16-2)9-4-6-10(15)7-5-9/h4-8,17H,3,15H2,1-2H3,(H,16,18). The van der Waals surface area contributed by atoms with Crippen molar-refractivity contribution >= 4 is 28.6 Å². The third-order valence-electron chi connectivity index (χ3n) is 2.73. The molecule has 2 rings (SSSR count). The SMILES string of the molecule is CCNc1cc(-c2ccc(N)cc2)sc1C(=O)NC. The summed E-state index contributed by atoms with van der Waals surface area (Å²) in [7, 11) is 1.64. The molecule has 0 aliphatic heterocycles. The van der Waals surface area contributed by atoms with Gasteiger partial charge in [-0.2, -0.15) is 0 Å². The van der Waals surface area contributed by atoms with Gasteiger partial charge in [0, 0.05) is 24.2 Å². The number of benzene rings is 1. The molecule has 0 aliphatic rings. The minimum atomic E-state index is -0.0670. The van der Waals surface area contributed by atoms with Crippen molar-refractivity contribution in [3.63, 3.8) is 0 Å². The summed E-state index contributed by atoms with van der Waals surface area (Å²) >= 11 is 1.48. The van der Waals surface area contributed by atoms with Crippen LogP contribution < -0.4 is 16.4 Å². The second kappa shape index (κ2) is 5.75. The van der Waals surface area contributed by atoms with Gasteiger partial charge >= 0.3 is 0 Å². The molecule has 0 saturated heterocycles. The Labute approximate surface area is 116 Å². The van der Waals surface area contributed by atoms with Crippen molar-refractivity contribution in [2.45, 2.75) is 6.92 Å². The number of anilines is 2. The van der Waals surface area contributed by atoms with Gasteiger partial charge in [0.15, 0.2) is 0 Å². The summed E-state index contributed by atoms with van der Waals surface area (Å²) in [5.74, 6) is -0.0670. The molecule has 0 bridgehead atoms. The van der Waals surface area contributed by atoms with E-state index in [1.807, 2.05) is 37.3 Å². The first-order valence-corrected chi connectivity index (χ1v) is 6.93. The Hall–Kier alpha value is -2.01. The van der Waals surface area contributed by atoms with Crippen LogP contribution in [-0.4, -0.2) is 19.5 Å². The molecule has 0 saturated carbocycles. The third-order valence-corrected chi connectivity index (χ3v) is 3.91. The monoisotopic (exact) mass is 275 g/mol. The number of nitrogen functional groups attached to an aromatic ring is 1. The van der Waals surface area contributed by atoms with Crippen molar-refractivity contribution in [1.29, 1.82) is 0 Å². The number of carbonyl (C=O) groups is 1. The van der Waals surface area contributed by atoms with Gasteiger partial charge in [0.25, 0.3) is 5.91 Å². The molecule has 0 radical (unpaired) electrons. The maximum atomic E-state index is 11.8. The molecule has 100 valence electrons. The first kappa shape index (κ1) is 13.4. The van der Waals surface area contributed by atoms with Crippen LogP contribution in [0.15, 0.2) is 30.3 Å². The van der Waals surface area contributed by atoms with Gasteiger partial charge in [0.1, 0.15) is 4.88 Å². The summed E-state index contributed by atoms with van der Waals surface area (Å²) in [5.41, 5.74) is 8.36. The lowest BCUT2D eigenvalue weighted by molar-refractivity contribution is 0.0968. The number of hydrogen-bond acceptors (Lipinski definition) is 4. The van der Waals surface area contributed by atoms with E-state index >= 15 is 0 Å². The zero-order valence-electron chi connectivity index (χ0n) is 11.0. The number of thiophene rings is 1. The second-order valence-corrected chi connectivity index (χ2v) is 5.14. The van der Waals surface area contributed by atoms with Gasteiger partial charge in [-0.05, 0) is 30.7 Å². The van der Waals surface area contributed by atoms with E-state index in [2.05, 4.69) is 10.6 Å². The average Bonchev–Trinajstić information content (AvgIpc) is 2.83. The zero-order chi connectivity index (χ0) is 13.8. The highest BCUT2D eigenvalue weighted by Gasteiger charge is 2.15. The number of nitrogens with two attached hydrogens (primary N) is 1. The largest absolute Gasteiger partial charge is 0.399 e. The summed E-state index contributed by atoms with van der Waals surface area (Å²) in [5, 5.41) is 5.88. The maximum Gasteiger partial charge on any atom is 0.263 e. The minimum absolute atomic E-state index is 0.0670. The molecule has 1 heterocycles. The number of nitrogens with one attached hydrogen (secondary N) is 2. The van der Waals surface area contributed by atoms with Gasteiger partial charge in [-0.3, -0.25) is 4.79 Å². The summed E-state index contributed by atoms with van der Waals surface area (Å²) in [6.45, 7) is 2.79. The predicted molar refractivity (Wildman–Crippen MR) is 81.7 cm³/mol. The van der Waals surface area contributed by atoms with Gasteiger partial charge < -0.3 is 16.4 Å². The van der Waals surface area contributed by atoms with Gasteiger partial charge in [-0.15, -0.1) is 11.3 Å². The third kappa shape index (κ3) is 2.88. The topological polar surface area (TPSA) is 67.1 Å². The molecule has 0 unspecified atom stereocenters. The molecular formula is C14H17N3OS. The molecule has 0 spiro atoms. The molecule has 4 N–H and O–H groups in total. The fraction of sp³-hybridized carbons (Fsp3) is 0.214. The lowest BCUT2D eigenvalue weighted by Crippen LogP contribution is -2.17. The van der Waals surface area contributed by atoms with Crippen LogP contribution in [0.25, 0.3) is 10.4 Å². The molecule has 1 aromatic heterocycles. The van der Waals surface area contributed by atoms with Crippen molar-refractivity contribution in [3.05, 3.63) is 35.2 Å². The lowest BCUT2D eigenvalue weighted by atomic mass is 10.1. The molecule has 1 aromatic carbocycles. The van der Waals surface area contributed by atoms with E-state index in [1.54, 1.807) is 7.05 Å². The highest BCUT2D eigenvalue weighted by molar-refractivity contribution is 7.18. The van der Waals surface area contributed by atoms with Crippen LogP contribution in [-0.2, 0) is 0 Å². The number of hydrogen-bond donors (Lipinski definition) is 3. The normalized spacial score (nSPS) is 10.2. The van der Waals surface area contributed by atoms with Gasteiger partial charge in [0.2, 0.25) is 0 Å². The zero-order valence-corrected chi connectivity index (χ0v) is 11.8. The van der Waals surface area contributed by atoms with Crippen molar-refractivity contribution in [2.75, 3.05) is 24.6 Å². The number of amides is 1. The van der Waals surface area contributed by atoms with Crippen LogP contribution in [0.1, 0.15) is 16.6 Å². The molecule has 5 heteroatoms. The molecule has 19 heavy (non-hydrogen) atoms. The molecule has 1 amide bonds. The summed E-state index contributed by atoms with van der Waals surface area (Å²) in [6, 6.07) is 9.66. The molecule has 4 nitrogen and oxygen atoms in total. The van der Waals surface area contributed by atoms with Gasteiger partial charge in [0.05, 0.1) is 5.69 Å². The van der Waals surface area contributed by atoms with E-state index in [4.69, 9.17) is 5.73 Å². The number of carbonyl (C=O) groups excluding carboxylic acids is 1. The Morgan fingerprint density at radius 1 is 1.32 bits per heavy atom. The number of rotatable bonds is 4. The van der Waals surface area contributed by atoms with E-state index in [1.165, 1.54) is 11.3 Å². The first-order valence-electron chi connectivity index (χ1n) is 6.11. The van der Waals surface area contributed by atoms with Crippen molar-refractivity contribution in [1.82, 2.24) is 5.32 Å². The van der Waals surface area contributed by atoms with E-state index in [-0.39, 0.29) is 5.91 Å². The van der Waals surface area contributed by atoms with Crippen molar-refractivity contribution in [3.8, 4) is 10.4 Å². The van der Waals surface area contributed by atoms with E-state index in [9.17, 15) is 4.79 Å². The predicted octanol–water partition coefficient (Wildman–Crippen LogP) is 2.79. The maximum absolute atomic E-state index is 11.8. The van der Waals surface area contributed by atoms with Gasteiger partial charge in [-0.1, -0.05) is 12.1 Å². The quantitative estimate of drug-likeness (QED) is 0.752. The van der Waals surface area contributed by atoms with Crippen LogP contribution in [0.5, 0.6) is 0 Å². The highest BCUT2D eigenvalue weighted by Crippen LogP contribution is 2.35. The minimum Gasteiger partial charge on any atom is -0.399 e. The highest BCUT2D eigenvalue weighted by atomic mass is 32.1. The lowest BCUT2D eigenvalue weighted by Gasteiger charge is -2.02. The fourth-order valence-corrected chi connectivity index (χ4v) is 2.87. The molecule has 0 fully saturated rings. The summed E-state index contributed by atoms with van der Waals surface area (Å²) in [6.07, 6.45) is 0. The second-order valence-electron chi connectivity index (χ2n) is 4.08. The molecule has 2 aromatic rings. The van der Waals surface area contributed by atoms with Crippen molar-refractivity contribution in [2.24, 2.45) is 0 Å². The smallest absolute Gasteiger partial charge is 0.263 e. The van der Waals surface area contributed by atoms with Gasteiger partial charge in [-0.25, -0.2) is 0 Å². The fourth-order valence-electron chi connectivity index (χ4n) is 1.78. The molecule has 0 atom stereocenters. The van der Waals surface area contributed by atoms with Crippen LogP contribution in [0, 0.1) is 0 Å². The van der Waals surface area contributed by atoms with E-state index < -0.39 is 0 Å². The first-order chi connectivity index (χ1) is 9.15. The Morgan fingerprint density at radius 2 is 2.00 bits per heavy atom. The Bertz CT molecular complexity index is 575. The Kier molecular flexibility index (Phi) is 4.06. The van der Waals surface area contributed by atoms with Crippen molar-refractivity contribution < 1.29 is 4.79 Å². The average molecular weight is 275 g/mol. The summed E-state index contributed by atoms with van der Waals surface area (Å²) < 4.78 is 0. The molecule has 0 aliphatic carbocycles. The van der Waals surface area contributed by atoms with Crippen LogP contribution in [0.4, 0.5) is 11.4 Å². The Morgan fingerprint density at radius 3 is 2.58 bits per heavy atom. The van der Waals surface area contributed by atoms with E-state index in [0.717, 1.165) is 28.4 Å². The Balaban J connectivity index is 2.41. The van der Waals surface area contributed by atoms with Crippen LogP contribution in [0.3, 0.4) is 0 Å².